The Morgan fingerprint density at radius 2 is 2.00 bits per heavy atom. The van der Waals surface area contributed by atoms with Gasteiger partial charge in [0.15, 0.2) is 0 Å². The molecule has 4 nitrogen and oxygen atoms in total. The monoisotopic (exact) mass is 327 g/mol. The van der Waals surface area contributed by atoms with E-state index >= 15 is 0 Å². The minimum atomic E-state index is 0.135. The second kappa shape index (κ2) is 7.08. The third-order valence-electron chi connectivity index (χ3n) is 5.57. The number of aliphatic hydroxyl groups is 1. The van der Waals surface area contributed by atoms with Crippen molar-refractivity contribution in [3.05, 3.63) is 51.8 Å². The van der Waals surface area contributed by atoms with Crippen molar-refractivity contribution in [3.8, 4) is 0 Å². The Balaban J connectivity index is 1.86. The molecule has 0 saturated carbocycles. The van der Waals surface area contributed by atoms with Gasteiger partial charge < -0.3 is 5.11 Å². The van der Waals surface area contributed by atoms with E-state index in [9.17, 15) is 5.11 Å². The average Bonchev–Trinajstić information content (AvgIpc) is 3.11. The molecular weight excluding hydrogens is 298 g/mol. The second-order valence-corrected chi connectivity index (χ2v) is 7.01. The fourth-order valence-electron chi connectivity index (χ4n) is 3.98. The highest BCUT2D eigenvalue weighted by molar-refractivity contribution is 5.36. The fourth-order valence-corrected chi connectivity index (χ4v) is 3.98. The summed E-state index contributed by atoms with van der Waals surface area (Å²) in [6.07, 6.45) is 2.48. The quantitative estimate of drug-likeness (QED) is 0.914. The van der Waals surface area contributed by atoms with E-state index in [1.807, 2.05) is 4.68 Å². The number of likely N-dealkylation sites (tertiary alicyclic amines) is 1. The average molecular weight is 327 g/mol. The van der Waals surface area contributed by atoms with E-state index in [1.165, 1.54) is 40.8 Å². The van der Waals surface area contributed by atoms with E-state index in [2.05, 4.69) is 55.9 Å². The Bertz CT molecular complexity index is 720. The Hall–Kier alpha value is -1.65. The summed E-state index contributed by atoms with van der Waals surface area (Å²) in [6.45, 7) is 11.4. The highest BCUT2D eigenvalue weighted by atomic mass is 16.3. The number of aromatic nitrogens is 2. The number of rotatable bonds is 5. The molecule has 2 heterocycles. The van der Waals surface area contributed by atoms with Crippen LogP contribution in [0, 0.1) is 27.7 Å². The Morgan fingerprint density at radius 3 is 2.75 bits per heavy atom. The molecule has 0 spiro atoms. The van der Waals surface area contributed by atoms with Gasteiger partial charge in [0.2, 0.25) is 0 Å². The molecule has 1 aromatic heterocycles. The van der Waals surface area contributed by atoms with Gasteiger partial charge in [0.1, 0.15) is 0 Å². The molecule has 1 saturated heterocycles. The number of aryl methyl sites for hydroxylation is 2. The van der Waals surface area contributed by atoms with Crippen LogP contribution in [-0.4, -0.2) is 32.9 Å². The molecule has 0 radical (unpaired) electrons. The van der Waals surface area contributed by atoms with Gasteiger partial charge in [-0.2, -0.15) is 5.10 Å². The highest BCUT2D eigenvalue weighted by Gasteiger charge is 2.28. The van der Waals surface area contributed by atoms with Crippen molar-refractivity contribution in [3.63, 3.8) is 0 Å². The lowest BCUT2D eigenvalue weighted by atomic mass is 9.95. The maximum absolute atomic E-state index is 9.20. The van der Waals surface area contributed by atoms with Crippen molar-refractivity contribution in [1.82, 2.24) is 14.7 Å². The maximum Gasteiger partial charge on any atom is 0.0644 e. The van der Waals surface area contributed by atoms with Gasteiger partial charge in [-0.15, -0.1) is 0 Å². The number of nitrogens with zero attached hydrogens (tertiary/aromatic N) is 3. The second-order valence-electron chi connectivity index (χ2n) is 7.01. The van der Waals surface area contributed by atoms with Crippen molar-refractivity contribution in [2.45, 2.75) is 59.7 Å². The topological polar surface area (TPSA) is 41.3 Å². The minimum Gasteiger partial charge on any atom is -0.394 e. The van der Waals surface area contributed by atoms with Gasteiger partial charge >= 0.3 is 0 Å². The lowest BCUT2D eigenvalue weighted by Crippen LogP contribution is -2.24. The lowest BCUT2D eigenvalue weighted by molar-refractivity contribution is 0.246. The van der Waals surface area contributed by atoms with Gasteiger partial charge in [-0.1, -0.05) is 18.2 Å². The predicted octanol–water partition coefficient (Wildman–Crippen LogP) is 3.45. The minimum absolute atomic E-state index is 0.135. The molecule has 4 heteroatoms. The molecule has 1 fully saturated rings. The molecule has 1 atom stereocenters. The van der Waals surface area contributed by atoms with E-state index in [0.29, 0.717) is 12.6 Å². The number of hydrogen-bond donors (Lipinski definition) is 1. The first kappa shape index (κ1) is 17.2. The molecule has 1 unspecified atom stereocenters. The zero-order chi connectivity index (χ0) is 17.3. The van der Waals surface area contributed by atoms with Crippen LogP contribution < -0.4 is 0 Å². The van der Waals surface area contributed by atoms with Crippen molar-refractivity contribution >= 4 is 0 Å². The number of benzene rings is 1. The molecule has 1 aliphatic rings. The van der Waals surface area contributed by atoms with Crippen LogP contribution in [0.3, 0.4) is 0 Å². The smallest absolute Gasteiger partial charge is 0.0644 e. The maximum atomic E-state index is 9.20. The van der Waals surface area contributed by atoms with Crippen molar-refractivity contribution in [2.24, 2.45) is 0 Å². The van der Waals surface area contributed by atoms with Crippen LogP contribution in [0.15, 0.2) is 18.2 Å². The first-order chi connectivity index (χ1) is 11.5. The zero-order valence-corrected chi connectivity index (χ0v) is 15.3. The summed E-state index contributed by atoms with van der Waals surface area (Å²) in [5.41, 5.74) is 7.88. The van der Waals surface area contributed by atoms with Gasteiger partial charge in [-0.25, -0.2) is 0 Å². The van der Waals surface area contributed by atoms with E-state index in [1.54, 1.807) is 0 Å². The standard InChI is InChI=1S/C20H29N3O/c1-14-7-5-8-18(15(14)2)20-9-6-10-22(20)13-19-16(3)21-23(11-12-24)17(19)4/h5,7-8,20,24H,6,9-13H2,1-4H3. The molecule has 24 heavy (non-hydrogen) atoms. The molecule has 0 amide bonds. The van der Waals surface area contributed by atoms with E-state index in [-0.39, 0.29) is 6.61 Å². The summed E-state index contributed by atoms with van der Waals surface area (Å²) < 4.78 is 1.94. The normalized spacial score (nSPS) is 18.5. The van der Waals surface area contributed by atoms with Crippen LogP contribution in [0.5, 0.6) is 0 Å². The van der Waals surface area contributed by atoms with E-state index in [0.717, 1.165) is 18.8 Å². The summed E-state index contributed by atoms with van der Waals surface area (Å²) in [5, 5.41) is 13.8. The summed E-state index contributed by atoms with van der Waals surface area (Å²) in [6, 6.07) is 7.18. The molecule has 0 aliphatic carbocycles. The van der Waals surface area contributed by atoms with Crippen molar-refractivity contribution in [1.29, 1.82) is 0 Å². The summed E-state index contributed by atoms with van der Waals surface area (Å²) >= 11 is 0. The van der Waals surface area contributed by atoms with Crippen LogP contribution in [0.2, 0.25) is 0 Å². The molecule has 130 valence electrons. The molecule has 1 aromatic carbocycles. The molecule has 1 aliphatic heterocycles. The summed E-state index contributed by atoms with van der Waals surface area (Å²) in [7, 11) is 0. The lowest BCUT2D eigenvalue weighted by Gasteiger charge is -2.27. The Morgan fingerprint density at radius 1 is 1.21 bits per heavy atom. The number of hydrogen-bond acceptors (Lipinski definition) is 3. The first-order valence-corrected chi connectivity index (χ1v) is 8.96. The Kier molecular flexibility index (Phi) is 5.07. The van der Waals surface area contributed by atoms with Gasteiger partial charge in [-0.3, -0.25) is 9.58 Å². The molecule has 2 aromatic rings. The van der Waals surface area contributed by atoms with Crippen molar-refractivity contribution < 1.29 is 5.11 Å². The van der Waals surface area contributed by atoms with E-state index in [4.69, 9.17) is 0 Å². The third kappa shape index (κ3) is 3.13. The van der Waals surface area contributed by atoms with E-state index < -0.39 is 0 Å². The van der Waals surface area contributed by atoms with Crippen LogP contribution in [0.1, 0.15) is 52.5 Å². The molecular formula is C20H29N3O. The van der Waals surface area contributed by atoms with Crippen molar-refractivity contribution in [2.75, 3.05) is 13.2 Å². The Labute approximate surface area is 145 Å². The summed E-state index contributed by atoms with van der Waals surface area (Å²) in [5.74, 6) is 0. The molecule has 0 bridgehead atoms. The van der Waals surface area contributed by atoms with Gasteiger partial charge in [-0.05, 0) is 63.8 Å². The van der Waals surface area contributed by atoms with Crippen LogP contribution in [0.4, 0.5) is 0 Å². The van der Waals surface area contributed by atoms with Gasteiger partial charge in [0.05, 0.1) is 18.8 Å². The molecule has 1 N–H and O–H groups in total. The van der Waals surface area contributed by atoms with Crippen LogP contribution in [0.25, 0.3) is 0 Å². The van der Waals surface area contributed by atoms with Gasteiger partial charge in [0, 0.05) is 23.8 Å². The largest absolute Gasteiger partial charge is 0.394 e. The summed E-state index contributed by atoms with van der Waals surface area (Å²) in [4.78, 5) is 2.60. The SMILES string of the molecule is Cc1cccc(C2CCCN2Cc2c(C)nn(CCO)c2C)c1C. The predicted molar refractivity (Wildman–Crippen MR) is 97.1 cm³/mol. The number of aliphatic hydroxyl groups excluding tert-OH is 1. The van der Waals surface area contributed by atoms with Crippen LogP contribution >= 0.6 is 0 Å². The first-order valence-electron chi connectivity index (χ1n) is 8.96. The third-order valence-corrected chi connectivity index (χ3v) is 5.57. The van der Waals surface area contributed by atoms with Crippen LogP contribution in [-0.2, 0) is 13.1 Å². The molecule has 3 rings (SSSR count). The highest BCUT2D eigenvalue weighted by Crippen LogP contribution is 2.36. The van der Waals surface area contributed by atoms with Gasteiger partial charge in [0.25, 0.3) is 0 Å². The zero-order valence-electron chi connectivity index (χ0n) is 15.3. The fraction of sp³-hybridized carbons (Fsp3) is 0.550.